The maximum absolute atomic E-state index is 12.4. The molecular formula is C15H21NO5S. The Morgan fingerprint density at radius 2 is 1.73 bits per heavy atom. The maximum atomic E-state index is 12.4. The number of sulfone groups is 1. The Hall–Kier alpha value is -1.89. The lowest BCUT2D eigenvalue weighted by molar-refractivity contribution is -0.141. The Bertz CT molecular complexity index is 622. The first kappa shape index (κ1) is 18.2. The maximum Gasteiger partial charge on any atom is 0.325 e. The van der Waals surface area contributed by atoms with E-state index in [1.54, 1.807) is 6.92 Å². The Kier molecular flexibility index (Phi) is 6.55. The second-order valence-electron chi connectivity index (χ2n) is 4.73. The molecule has 0 aliphatic heterocycles. The number of rotatable bonds is 7. The summed E-state index contributed by atoms with van der Waals surface area (Å²) in [5.41, 5.74) is 0.340. The van der Waals surface area contributed by atoms with Crippen LogP contribution in [0.25, 0.3) is 0 Å². The molecule has 1 aromatic rings. The monoisotopic (exact) mass is 327 g/mol. The number of carbonyl (C=O) groups is 2. The van der Waals surface area contributed by atoms with Crippen LogP contribution in [0.15, 0.2) is 29.2 Å². The predicted octanol–water partition coefficient (Wildman–Crippen LogP) is 1.51. The zero-order valence-corrected chi connectivity index (χ0v) is 13.9. The van der Waals surface area contributed by atoms with Crippen LogP contribution < -0.4 is 0 Å². The molecule has 1 rings (SSSR count). The molecule has 0 atom stereocenters. The van der Waals surface area contributed by atoms with Crippen molar-refractivity contribution in [3.05, 3.63) is 29.8 Å². The molecule has 0 aliphatic carbocycles. The highest BCUT2D eigenvalue weighted by molar-refractivity contribution is 7.91. The standard InChI is InChI=1S/C15H21NO5S/c1-4-10-16(11-14(17)21-3)15(18)12-6-8-13(9-7-12)22(19,20)5-2/h6-9H,4-5,10-11H2,1-3H3. The zero-order valence-electron chi connectivity index (χ0n) is 13.0. The SMILES string of the molecule is CCCN(CC(=O)OC)C(=O)c1ccc(S(=O)(=O)CC)cc1. The number of benzene rings is 1. The highest BCUT2D eigenvalue weighted by Crippen LogP contribution is 2.14. The number of amides is 1. The van der Waals surface area contributed by atoms with Gasteiger partial charge in [0.1, 0.15) is 6.54 Å². The van der Waals surface area contributed by atoms with Gasteiger partial charge >= 0.3 is 5.97 Å². The summed E-state index contributed by atoms with van der Waals surface area (Å²) in [5.74, 6) is -0.815. The van der Waals surface area contributed by atoms with E-state index in [2.05, 4.69) is 4.74 Å². The summed E-state index contributed by atoms with van der Waals surface area (Å²) in [6.45, 7) is 3.75. The predicted molar refractivity (Wildman–Crippen MR) is 82.4 cm³/mol. The van der Waals surface area contributed by atoms with Crippen molar-refractivity contribution in [3.8, 4) is 0 Å². The Morgan fingerprint density at radius 3 is 2.18 bits per heavy atom. The van der Waals surface area contributed by atoms with Crippen molar-refractivity contribution < 1.29 is 22.7 Å². The van der Waals surface area contributed by atoms with Gasteiger partial charge in [-0.3, -0.25) is 9.59 Å². The van der Waals surface area contributed by atoms with Crippen LogP contribution in [0.2, 0.25) is 0 Å². The van der Waals surface area contributed by atoms with Crippen molar-refractivity contribution in [1.29, 1.82) is 0 Å². The van der Waals surface area contributed by atoms with E-state index in [0.717, 1.165) is 0 Å². The molecule has 0 aromatic heterocycles. The van der Waals surface area contributed by atoms with Gasteiger partial charge in [-0.25, -0.2) is 8.42 Å². The molecule has 0 N–H and O–H groups in total. The molecule has 0 saturated heterocycles. The number of ether oxygens (including phenoxy) is 1. The third kappa shape index (κ3) is 4.56. The molecular weight excluding hydrogens is 306 g/mol. The van der Waals surface area contributed by atoms with E-state index in [0.29, 0.717) is 18.5 Å². The van der Waals surface area contributed by atoms with Gasteiger partial charge in [-0.2, -0.15) is 0 Å². The molecule has 0 saturated carbocycles. The minimum absolute atomic E-state index is 0.00456. The molecule has 0 aliphatic rings. The lowest BCUT2D eigenvalue weighted by atomic mass is 10.2. The van der Waals surface area contributed by atoms with Crippen LogP contribution >= 0.6 is 0 Å². The van der Waals surface area contributed by atoms with Gasteiger partial charge in [-0.15, -0.1) is 0 Å². The normalized spacial score (nSPS) is 11.0. The second kappa shape index (κ2) is 7.93. The minimum Gasteiger partial charge on any atom is -0.468 e. The van der Waals surface area contributed by atoms with Crippen molar-refractivity contribution in [2.24, 2.45) is 0 Å². The van der Waals surface area contributed by atoms with E-state index in [-0.39, 0.29) is 23.1 Å². The third-order valence-electron chi connectivity index (χ3n) is 3.17. The van der Waals surface area contributed by atoms with Crippen LogP contribution in [-0.2, 0) is 19.4 Å². The first-order valence-electron chi connectivity index (χ1n) is 7.04. The van der Waals surface area contributed by atoms with Crippen molar-refractivity contribution in [1.82, 2.24) is 4.90 Å². The molecule has 0 radical (unpaired) electrons. The van der Waals surface area contributed by atoms with Gasteiger partial charge in [0, 0.05) is 12.1 Å². The Balaban J connectivity index is 2.97. The van der Waals surface area contributed by atoms with E-state index in [4.69, 9.17) is 0 Å². The number of hydrogen-bond donors (Lipinski definition) is 0. The van der Waals surface area contributed by atoms with Crippen LogP contribution in [0.1, 0.15) is 30.6 Å². The van der Waals surface area contributed by atoms with Gasteiger partial charge in [-0.05, 0) is 30.7 Å². The van der Waals surface area contributed by atoms with Crippen LogP contribution in [0.3, 0.4) is 0 Å². The summed E-state index contributed by atoms with van der Waals surface area (Å²) in [6, 6.07) is 5.75. The molecule has 6 nitrogen and oxygen atoms in total. The van der Waals surface area contributed by atoms with Gasteiger partial charge < -0.3 is 9.64 Å². The summed E-state index contributed by atoms with van der Waals surface area (Å²) in [6.07, 6.45) is 0.699. The van der Waals surface area contributed by atoms with Crippen molar-refractivity contribution >= 4 is 21.7 Å². The van der Waals surface area contributed by atoms with E-state index < -0.39 is 15.8 Å². The highest BCUT2D eigenvalue weighted by atomic mass is 32.2. The molecule has 1 aromatic carbocycles. The van der Waals surface area contributed by atoms with Gasteiger partial charge in [0.2, 0.25) is 0 Å². The topological polar surface area (TPSA) is 80.8 Å². The van der Waals surface area contributed by atoms with Crippen LogP contribution in [-0.4, -0.2) is 51.1 Å². The van der Waals surface area contributed by atoms with Gasteiger partial charge in [0.15, 0.2) is 9.84 Å². The Morgan fingerprint density at radius 1 is 1.14 bits per heavy atom. The van der Waals surface area contributed by atoms with Crippen LogP contribution in [0.5, 0.6) is 0 Å². The van der Waals surface area contributed by atoms with Crippen LogP contribution in [0, 0.1) is 0 Å². The second-order valence-corrected chi connectivity index (χ2v) is 7.01. The fourth-order valence-electron chi connectivity index (χ4n) is 1.90. The first-order valence-corrected chi connectivity index (χ1v) is 8.69. The number of methoxy groups -OCH3 is 1. The quantitative estimate of drug-likeness (QED) is 0.709. The number of esters is 1. The third-order valence-corrected chi connectivity index (χ3v) is 4.92. The Labute approximate surface area is 131 Å². The molecule has 0 unspecified atom stereocenters. The number of hydrogen-bond acceptors (Lipinski definition) is 5. The molecule has 0 fully saturated rings. The summed E-state index contributed by atoms with van der Waals surface area (Å²) in [4.78, 5) is 25.3. The summed E-state index contributed by atoms with van der Waals surface area (Å²) < 4.78 is 28.1. The molecule has 22 heavy (non-hydrogen) atoms. The molecule has 0 spiro atoms. The van der Waals surface area contributed by atoms with E-state index in [1.165, 1.54) is 36.3 Å². The van der Waals surface area contributed by atoms with E-state index in [9.17, 15) is 18.0 Å². The summed E-state index contributed by atoms with van der Waals surface area (Å²) in [7, 11) is -2.03. The largest absolute Gasteiger partial charge is 0.468 e. The fraction of sp³-hybridized carbons (Fsp3) is 0.467. The molecule has 122 valence electrons. The number of carbonyl (C=O) groups excluding carboxylic acids is 2. The minimum atomic E-state index is -3.29. The van der Waals surface area contributed by atoms with Gasteiger partial charge in [0.05, 0.1) is 17.8 Å². The van der Waals surface area contributed by atoms with Crippen molar-refractivity contribution in [3.63, 3.8) is 0 Å². The average molecular weight is 327 g/mol. The summed E-state index contributed by atoms with van der Waals surface area (Å²) in [5, 5.41) is 0. The molecule has 1 amide bonds. The molecule has 0 heterocycles. The number of nitrogens with zero attached hydrogens (tertiary/aromatic N) is 1. The molecule has 7 heteroatoms. The van der Waals surface area contributed by atoms with E-state index in [1.807, 2.05) is 6.92 Å². The smallest absolute Gasteiger partial charge is 0.325 e. The van der Waals surface area contributed by atoms with E-state index >= 15 is 0 Å². The lowest BCUT2D eigenvalue weighted by Gasteiger charge is -2.20. The lowest BCUT2D eigenvalue weighted by Crippen LogP contribution is -2.36. The van der Waals surface area contributed by atoms with Crippen LogP contribution in [0.4, 0.5) is 0 Å². The zero-order chi connectivity index (χ0) is 16.8. The van der Waals surface area contributed by atoms with Crippen molar-refractivity contribution in [2.45, 2.75) is 25.2 Å². The summed E-state index contributed by atoms with van der Waals surface area (Å²) >= 11 is 0. The first-order chi connectivity index (χ1) is 10.4. The van der Waals surface area contributed by atoms with Crippen molar-refractivity contribution in [2.75, 3.05) is 26.0 Å². The van der Waals surface area contributed by atoms with Gasteiger partial charge in [-0.1, -0.05) is 13.8 Å². The fourth-order valence-corrected chi connectivity index (χ4v) is 2.78. The highest BCUT2D eigenvalue weighted by Gasteiger charge is 2.19. The molecule has 0 bridgehead atoms. The van der Waals surface area contributed by atoms with Gasteiger partial charge in [0.25, 0.3) is 5.91 Å². The average Bonchev–Trinajstić information content (AvgIpc) is 2.53.